The minimum atomic E-state index is -1.28. The fourth-order valence-electron chi connectivity index (χ4n) is 2.02. The summed E-state index contributed by atoms with van der Waals surface area (Å²) in [6, 6.07) is 3.24. The van der Waals surface area contributed by atoms with Crippen LogP contribution in [0.2, 0.25) is 0 Å². The maximum absolute atomic E-state index is 13.4. The molecule has 0 spiro atoms. The molecule has 4 nitrogen and oxygen atoms in total. The van der Waals surface area contributed by atoms with Crippen LogP contribution < -0.4 is 0 Å². The Hall–Kier alpha value is -2.03. The third-order valence-corrected chi connectivity index (χ3v) is 2.97. The highest BCUT2D eigenvalue weighted by Gasteiger charge is 2.27. The summed E-state index contributed by atoms with van der Waals surface area (Å²) in [7, 11) is 0. The van der Waals surface area contributed by atoms with E-state index in [1.54, 1.807) is 0 Å². The number of hydrogen-bond acceptors (Lipinski definition) is 3. The Labute approximate surface area is 103 Å². The number of carbonyl (C=O) groups is 1. The molecule has 6 heteroatoms. The smallest absolute Gasteiger partial charge is 0.257 e. The molecule has 18 heavy (non-hydrogen) atoms. The number of halogens is 2. The lowest BCUT2D eigenvalue weighted by Crippen LogP contribution is -2.40. The van der Waals surface area contributed by atoms with Crippen LogP contribution in [0.25, 0.3) is 0 Å². The van der Waals surface area contributed by atoms with Crippen LogP contribution in [-0.2, 0) is 0 Å². The molecule has 94 valence electrons. The summed E-state index contributed by atoms with van der Waals surface area (Å²) in [6.07, 6.45) is 2.48. The van der Waals surface area contributed by atoms with Crippen molar-refractivity contribution < 1.29 is 13.6 Å². The first-order valence-corrected chi connectivity index (χ1v) is 5.62. The zero-order valence-electron chi connectivity index (χ0n) is 9.57. The van der Waals surface area contributed by atoms with Gasteiger partial charge in [-0.25, -0.2) is 9.37 Å². The van der Waals surface area contributed by atoms with Crippen LogP contribution in [0.5, 0.6) is 0 Å². The normalized spacial score (nSPS) is 19.4. The Balaban J connectivity index is 2.21. The van der Waals surface area contributed by atoms with Crippen molar-refractivity contribution >= 4 is 5.91 Å². The highest BCUT2D eigenvalue weighted by molar-refractivity contribution is 5.94. The van der Waals surface area contributed by atoms with Crippen LogP contribution in [-0.4, -0.2) is 28.9 Å². The van der Waals surface area contributed by atoms with Crippen molar-refractivity contribution in [3.63, 3.8) is 0 Å². The van der Waals surface area contributed by atoms with Crippen molar-refractivity contribution in [3.8, 4) is 6.07 Å². The van der Waals surface area contributed by atoms with Gasteiger partial charge in [-0.3, -0.25) is 4.79 Å². The number of nitrogens with zero attached hydrogens (tertiary/aromatic N) is 3. The molecule has 1 saturated heterocycles. The lowest BCUT2D eigenvalue weighted by atomic mass is 9.99. The summed E-state index contributed by atoms with van der Waals surface area (Å²) in [5.41, 5.74) is -0.332. The molecule has 1 aromatic rings. The van der Waals surface area contributed by atoms with E-state index >= 15 is 0 Å². The predicted octanol–water partition coefficient (Wildman–Crippen LogP) is 1.74. The molecule has 0 aliphatic carbocycles. The Morgan fingerprint density at radius 2 is 2.33 bits per heavy atom. The summed E-state index contributed by atoms with van der Waals surface area (Å²) < 4.78 is 26.4. The van der Waals surface area contributed by atoms with E-state index < -0.39 is 17.7 Å². The Morgan fingerprint density at radius 1 is 1.56 bits per heavy atom. The summed E-state index contributed by atoms with van der Waals surface area (Å²) in [4.78, 5) is 16.5. The average molecular weight is 251 g/mol. The van der Waals surface area contributed by atoms with Gasteiger partial charge in [-0.1, -0.05) is 0 Å². The van der Waals surface area contributed by atoms with Gasteiger partial charge in [0.05, 0.1) is 17.6 Å². The number of nitriles is 1. The second-order valence-corrected chi connectivity index (χ2v) is 4.18. The number of aromatic nitrogens is 1. The monoisotopic (exact) mass is 251 g/mol. The third-order valence-electron chi connectivity index (χ3n) is 2.97. The van der Waals surface area contributed by atoms with Gasteiger partial charge in [-0.15, -0.1) is 0 Å². The van der Waals surface area contributed by atoms with Gasteiger partial charge in [0.25, 0.3) is 5.91 Å². The molecule has 0 radical (unpaired) electrons. The van der Waals surface area contributed by atoms with E-state index in [0.717, 1.165) is 18.7 Å². The molecular formula is C12H11F2N3O. The quantitative estimate of drug-likeness (QED) is 0.714. The topological polar surface area (TPSA) is 57.0 Å². The van der Waals surface area contributed by atoms with Crippen molar-refractivity contribution in [2.45, 2.75) is 12.8 Å². The van der Waals surface area contributed by atoms with E-state index in [9.17, 15) is 13.6 Å². The fourth-order valence-corrected chi connectivity index (χ4v) is 2.02. The van der Waals surface area contributed by atoms with E-state index in [1.807, 2.05) is 0 Å². The van der Waals surface area contributed by atoms with Gasteiger partial charge in [0, 0.05) is 19.3 Å². The Kier molecular flexibility index (Phi) is 3.51. The van der Waals surface area contributed by atoms with Gasteiger partial charge in [-0.05, 0) is 18.9 Å². The van der Waals surface area contributed by atoms with E-state index in [-0.39, 0.29) is 18.0 Å². The molecule has 1 aromatic heterocycles. The largest absolute Gasteiger partial charge is 0.337 e. The number of amides is 1. The fraction of sp³-hybridized carbons (Fsp3) is 0.417. The second kappa shape index (κ2) is 5.08. The van der Waals surface area contributed by atoms with E-state index in [4.69, 9.17) is 5.26 Å². The number of hydrogen-bond donors (Lipinski definition) is 0. The van der Waals surface area contributed by atoms with E-state index in [0.29, 0.717) is 13.0 Å². The third kappa shape index (κ3) is 2.30. The molecule has 1 atom stereocenters. The molecule has 1 unspecified atom stereocenters. The number of rotatable bonds is 1. The van der Waals surface area contributed by atoms with Gasteiger partial charge in [-0.2, -0.15) is 9.65 Å². The van der Waals surface area contributed by atoms with Crippen molar-refractivity contribution in [2.75, 3.05) is 13.1 Å². The molecule has 1 aliphatic rings. The average Bonchev–Trinajstić information content (AvgIpc) is 2.41. The van der Waals surface area contributed by atoms with Gasteiger partial charge in [0.1, 0.15) is 0 Å². The van der Waals surface area contributed by atoms with Crippen LogP contribution in [0, 0.1) is 29.0 Å². The van der Waals surface area contributed by atoms with E-state index in [2.05, 4.69) is 11.1 Å². The lowest BCUT2D eigenvalue weighted by Gasteiger charge is -2.29. The Morgan fingerprint density at radius 3 is 3.06 bits per heavy atom. The molecule has 0 N–H and O–H groups in total. The number of carbonyl (C=O) groups excluding carboxylic acids is 1. The second-order valence-electron chi connectivity index (χ2n) is 4.18. The summed E-state index contributed by atoms with van der Waals surface area (Å²) in [5, 5.41) is 8.83. The molecule has 0 aromatic carbocycles. The zero-order valence-corrected chi connectivity index (χ0v) is 9.57. The molecule has 1 aliphatic heterocycles. The minimum Gasteiger partial charge on any atom is -0.337 e. The highest BCUT2D eigenvalue weighted by Crippen LogP contribution is 2.19. The van der Waals surface area contributed by atoms with Crippen LogP contribution >= 0.6 is 0 Å². The molecule has 1 amide bonds. The Bertz CT molecular complexity index is 513. The van der Waals surface area contributed by atoms with E-state index in [1.165, 1.54) is 4.90 Å². The van der Waals surface area contributed by atoms with Crippen LogP contribution in [0.1, 0.15) is 23.2 Å². The molecule has 2 heterocycles. The minimum absolute atomic E-state index is 0.238. The first-order valence-electron chi connectivity index (χ1n) is 5.62. The van der Waals surface area contributed by atoms with Crippen molar-refractivity contribution in [1.82, 2.24) is 9.88 Å². The highest BCUT2D eigenvalue weighted by atomic mass is 19.2. The predicted molar refractivity (Wildman–Crippen MR) is 58.4 cm³/mol. The number of likely N-dealkylation sites (tertiary alicyclic amines) is 1. The summed E-state index contributed by atoms with van der Waals surface area (Å²) in [6.45, 7) is 0.721. The first kappa shape index (κ1) is 12.4. The summed E-state index contributed by atoms with van der Waals surface area (Å²) >= 11 is 0. The maximum Gasteiger partial charge on any atom is 0.257 e. The lowest BCUT2D eigenvalue weighted by molar-refractivity contribution is 0.0692. The maximum atomic E-state index is 13.4. The molecule has 0 saturated carbocycles. The molecule has 1 fully saturated rings. The molecular weight excluding hydrogens is 240 g/mol. The summed E-state index contributed by atoms with van der Waals surface area (Å²) in [5.74, 6) is -3.34. The molecule has 0 bridgehead atoms. The first-order chi connectivity index (χ1) is 8.63. The van der Waals surface area contributed by atoms with Crippen molar-refractivity contribution in [1.29, 1.82) is 5.26 Å². The SMILES string of the molecule is N#CC1CCCN(C(=O)c2ccnc(F)c2F)C1. The van der Waals surface area contributed by atoms with Crippen LogP contribution in [0.4, 0.5) is 8.78 Å². The van der Waals surface area contributed by atoms with Crippen LogP contribution in [0.3, 0.4) is 0 Å². The zero-order chi connectivity index (χ0) is 13.1. The van der Waals surface area contributed by atoms with Gasteiger partial charge in [0.15, 0.2) is 5.82 Å². The number of piperidine rings is 1. The number of pyridine rings is 1. The van der Waals surface area contributed by atoms with Gasteiger partial charge < -0.3 is 4.90 Å². The standard InChI is InChI=1S/C12H11F2N3O/c13-10-9(3-4-16-11(10)14)12(18)17-5-1-2-8(6-15)7-17/h3-4,8H,1-2,5,7H2. The van der Waals surface area contributed by atoms with Gasteiger partial charge in [0.2, 0.25) is 5.95 Å². The van der Waals surface area contributed by atoms with Crippen molar-refractivity contribution in [2.24, 2.45) is 5.92 Å². The van der Waals surface area contributed by atoms with Crippen LogP contribution in [0.15, 0.2) is 12.3 Å². The van der Waals surface area contributed by atoms with Gasteiger partial charge >= 0.3 is 0 Å². The van der Waals surface area contributed by atoms with Crippen molar-refractivity contribution in [3.05, 3.63) is 29.6 Å². The molecule has 2 rings (SSSR count).